The van der Waals surface area contributed by atoms with Gasteiger partial charge in [-0.15, -0.1) is 23.2 Å². The molecule has 0 aromatic rings. The zero-order valence-corrected chi connectivity index (χ0v) is 42.8. The van der Waals surface area contributed by atoms with E-state index in [1.165, 1.54) is 0 Å². The van der Waals surface area contributed by atoms with Crippen molar-refractivity contribution in [2.24, 2.45) is 0 Å². The number of aliphatic hydroxyl groups is 12. The fourth-order valence-electron chi connectivity index (χ4n) is 4.29. The second kappa shape index (κ2) is 40.4. The summed E-state index contributed by atoms with van der Waals surface area (Å²) in [6, 6.07) is 0. The predicted molar refractivity (Wildman–Crippen MR) is 244 cm³/mol. The molecule has 1 rings (SSSR count). The molecule has 0 aromatic carbocycles. The van der Waals surface area contributed by atoms with Crippen molar-refractivity contribution in [2.75, 3.05) is 96.1 Å². The number of halogens is 8. The van der Waals surface area contributed by atoms with Crippen LogP contribution in [-0.4, -0.2) is 252 Å². The van der Waals surface area contributed by atoms with Crippen molar-refractivity contribution in [3.05, 3.63) is 0 Å². The molecule has 1 saturated heterocycles. The van der Waals surface area contributed by atoms with Gasteiger partial charge >= 0.3 is 0 Å². The van der Waals surface area contributed by atoms with Crippen LogP contribution >= 0.6 is 119 Å². The Hall–Kier alpha value is 1.84. The highest BCUT2D eigenvalue weighted by atomic mass is 79.9. The fourth-order valence-corrected chi connectivity index (χ4v) is 6.77. The van der Waals surface area contributed by atoms with Crippen molar-refractivity contribution < 1.29 is 70.9 Å². The minimum atomic E-state index is -1.43. The van der Waals surface area contributed by atoms with Crippen molar-refractivity contribution in [1.29, 1.82) is 0 Å². The molecule has 2 amide bonds. The van der Waals surface area contributed by atoms with Crippen LogP contribution in [-0.2, 0) is 9.59 Å². The maximum Gasteiger partial charge on any atom is 0.223 e. The lowest BCUT2D eigenvalue weighted by Gasteiger charge is -2.34. The third-order valence-corrected chi connectivity index (χ3v) is 11.7. The van der Waals surface area contributed by atoms with Crippen LogP contribution < -0.4 is 10.6 Å². The molecule has 14 N–H and O–H groups in total. The van der Waals surface area contributed by atoms with Crippen molar-refractivity contribution in [2.45, 2.75) is 86.1 Å². The molecule has 1 heterocycles. The number of carbonyl (C=O) groups is 2. The third kappa shape index (κ3) is 29.3. The van der Waals surface area contributed by atoms with E-state index in [9.17, 15) is 50.4 Å². The fraction of sp³-hybridized carbons (Fsp3) is 0.938. The van der Waals surface area contributed by atoms with Crippen molar-refractivity contribution in [3.63, 3.8) is 0 Å². The third-order valence-electron chi connectivity index (χ3n) is 7.90. The SMILES string of the molecule is O=C(CCBr)N1CCN(C(=O)CCBr)CC1.OC(CBr)C(O)C(O)C(O)CBr.OC(CBr)C(O)C(O)C(O)CBr.O[C@@H]([C@H](O)[C@H](O)CNCCCl)[C@H](O)CNCCCl. The monoisotopic (exact) mass is 1270 g/mol. The van der Waals surface area contributed by atoms with Gasteiger partial charge in [0.2, 0.25) is 11.8 Å². The second-order valence-electron chi connectivity index (χ2n) is 12.4. The number of piperazine rings is 1. The molecule has 26 heteroatoms. The maximum atomic E-state index is 11.6. The normalized spacial score (nSPS) is 19.1. The van der Waals surface area contributed by atoms with Crippen LogP contribution in [0.15, 0.2) is 0 Å². The van der Waals surface area contributed by atoms with Crippen LogP contribution in [0.3, 0.4) is 0 Å². The Morgan fingerprint density at radius 1 is 0.448 bits per heavy atom. The molecule has 0 aliphatic carbocycles. The highest BCUT2D eigenvalue weighted by Gasteiger charge is 2.31. The molecule has 350 valence electrons. The lowest BCUT2D eigenvalue weighted by atomic mass is 10.0. The van der Waals surface area contributed by atoms with Gasteiger partial charge in [0.25, 0.3) is 0 Å². The summed E-state index contributed by atoms with van der Waals surface area (Å²) in [5, 5.41) is 119. The minimum Gasteiger partial charge on any atom is -0.389 e. The van der Waals surface area contributed by atoms with E-state index in [1.54, 1.807) is 0 Å². The summed E-state index contributed by atoms with van der Waals surface area (Å²) in [5.74, 6) is 1.11. The highest BCUT2D eigenvalue weighted by Crippen LogP contribution is 2.11. The number of carbonyl (C=O) groups excluding carboxylic acids is 2. The molecule has 0 bridgehead atoms. The van der Waals surface area contributed by atoms with Crippen molar-refractivity contribution >= 4 is 131 Å². The number of nitrogens with one attached hydrogen (secondary N) is 2. The summed E-state index contributed by atoms with van der Waals surface area (Å²) in [6.45, 7) is 3.82. The molecule has 0 spiro atoms. The Morgan fingerprint density at radius 2 is 0.672 bits per heavy atom. The minimum absolute atomic E-state index is 0.0901. The number of hydrogen-bond donors (Lipinski definition) is 14. The second-order valence-corrected chi connectivity index (χ2v) is 17.3. The summed E-state index contributed by atoms with van der Waals surface area (Å²) >= 11 is 29.1. The van der Waals surface area contributed by atoms with Gasteiger partial charge in [-0.05, 0) is 0 Å². The van der Waals surface area contributed by atoms with E-state index in [0.29, 0.717) is 74.5 Å². The van der Waals surface area contributed by atoms with E-state index in [0.717, 1.165) is 0 Å². The van der Waals surface area contributed by atoms with Gasteiger partial charge in [-0.1, -0.05) is 95.6 Å². The Morgan fingerprint density at radius 3 is 0.862 bits per heavy atom. The van der Waals surface area contributed by atoms with Crippen molar-refractivity contribution in [1.82, 2.24) is 20.4 Å². The molecule has 0 radical (unpaired) electrons. The first-order valence-electron chi connectivity index (χ1n) is 17.9. The Labute approximate surface area is 400 Å². The van der Waals surface area contributed by atoms with E-state index in [1.807, 2.05) is 9.80 Å². The summed E-state index contributed by atoms with van der Waals surface area (Å²) in [7, 11) is 0. The summed E-state index contributed by atoms with van der Waals surface area (Å²) in [6.07, 6.45) is -13.8. The van der Waals surface area contributed by atoms with Gasteiger partial charge in [0.05, 0.1) is 36.6 Å². The van der Waals surface area contributed by atoms with Crippen LogP contribution in [0.25, 0.3) is 0 Å². The number of nitrogens with zero attached hydrogens (tertiary/aromatic N) is 2. The number of hydrogen-bond acceptors (Lipinski definition) is 16. The van der Waals surface area contributed by atoms with E-state index in [2.05, 4.69) is 106 Å². The van der Waals surface area contributed by atoms with E-state index >= 15 is 0 Å². The largest absolute Gasteiger partial charge is 0.389 e. The van der Waals surface area contributed by atoms with Crippen LogP contribution in [0.2, 0.25) is 0 Å². The molecule has 1 aliphatic rings. The van der Waals surface area contributed by atoms with Gasteiger partial charge in [0.1, 0.15) is 36.6 Å². The van der Waals surface area contributed by atoms with Gasteiger partial charge in [-0.2, -0.15) is 0 Å². The zero-order valence-electron chi connectivity index (χ0n) is 31.8. The maximum absolute atomic E-state index is 11.6. The summed E-state index contributed by atoms with van der Waals surface area (Å²) < 4.78 is 0. The molecule has 58 heavy (non-hydrogen) atoms. The smallest absolute Gasteiger partial charge is 0.223 e. The van der Waals surface area contributed by atoms with Crippen LogP contribution in [0.1, 0.15) is 12.8 Å². The van der Waals surface area contributed by atoms with Gasteiger partial charge in [-0.25, -0.2) is 0 Å². The molecule has 18 nitrogen and oxygen atoms in total. The van der Waals surface area contributed by atoms with E-state index in [-0.39, 0.29) is 46.2 Å². The molecular weight excluding hydrogens is 1210 g/mol. The first-order chi connectivity index (χ1) is 27.3. The topological polar surface area (TPSA) is 307 Å². The van der Waals surface area contributed by atoms with Gasteiger partial charge in [-0.3, -0.25) is 9.59 Å². The lowest BCUT2D eigenvalue weighted by molar-refractivity contribution is -0.139. The average Bonchev–Trinajstić information content (AvgIpc) is 3.24. The van der Waals surface area contributed by atoms with Crippen LogP contribution in [0, 0.1) is 0 Å². The predicted octanol–water partition coefficient (Wildman–Crippen LogP) is -2.25. The lowest BCUT2D eigenvalue weighted by Crippen LogP contribution is -2.50. The molecule has 0 aromatic heterocycles. The Bertz CT molecular complexity index is 902. The molecule has 12 atom stereocenters. The first-order valence-corrected chi connectivity index (χ1v) is 25.7. The molecule has 1 aliphatic heterocycles. The zero-order chi connectivity index (χ0) is 45.4. The quantitative estimate of drug-likeness (QED) is 0.0340. The standard InChI is InChI=1S/C10H16Br2N2O2.C10H22Cl2N2O4.2C6H12Br2O4/c11-3-1-9(15)13-5-7-14(8-6-13)10(16)2-4-12;11-1-3-13-5-7(15)9(17)10(18)8(16)6-14-4-2-12;2*7-1-3(9)5(11)6(12)4(10)2-8/h1-8H2;7-10,13-18H,1-6H2;2*3-6,9-12H,1-2H2/t;7-,8-,9-,10-;;/m.1../s1. The number of alkyl halides is 8. The number of rotatable bonds is 25. The van der Waals surface area contributed by atoms with E-state index < -0.39 is 73.2 Å². The number of aliphatic hydroxyl groups excluding tert-OH is 12. The van der Waals surface area contributed by atoms with Gasteiger partial charge < -0.3 is 81.7 Å². The highest BCUT2D eigenvalue weighted by molar-refractivity contribution is 9.10. The summed E-state index contributed by atoms with van der Waals surface area (Å²) in [4.78, 5) is 26.8. The van der Waals surface area contributed by atoms with Crippen LogP contribution in [0.5, 0.6) is 0 Å². The molecule has 0 saturated carbocycles. The van der Waals surface area contributed by atoms with E-state index in [4.69, 9.17) is 43.6 Å². The Kier molecular flexibility index (Phi) is 44.6. The first kappa shape index (κ1) is 64.1. The molecule has 8 unspecified atom stereocenters. The summed E-state index contributed by atoms with van der Waals surface area (Å²) in [5.41, 5.74) is 0. The average molecular weight is 1280 g/mol. The Balaban J connectivity index is -0.000000706. The van der Waals surface area contributed by atoms with Gasteiger partial charge in [0, 0.05) is 109 Å². The van der Waals surface area contributed by atoms with Gasteiger partial charge in [0.15, 0.2) is 0 Å². The van der Waals surface area contributed by atoms with Crippen LogP contribution in [0.4, 0.5) is 0 Å². The number of amides is 2. The molecular formula is C32H62Br6Cl2N4O14. The molecule has 1 fully saturated rings. The van der Waals surface area contributed by atoms with Crippen molar-refractivity contribution in [3.8, 4) is 0 Å².